The summed E-state index contributed by atoms with van der Waals surface area (Å²) < 4.78 is 0. The molecule has 2 fully saturated rings. The van der Waals surface area contributed by atoms with Crippen molar-refractivity contribution >= 4 is 5.96 Å². The minimum Gasteiger partial charge on any atom is -0.393 e. The number of hydrogen-bond acceptors (Lipinski definition) is 2. The lowest BCUT2D eigenvalue weighted by Gasteiger charge is -2.37. The van der Waals surface area contributed by atoms with Crippen molar-refractivity contribution in [1.82, 2.24) is 4.90 Å². The first-order valence-corrected chi connectivity index (χ1v) is 5.48. The smallest absolute Gasteiger partial charge is 0.191 e. The van der Waals surface area contributed by atoms with Gasteiger partial charge in [0.1, 0.15) is 0 Å². The molecule has 0 saturated carbocycles. The molecule has 4 heteroatoms. The quantitative estimate of drug-likeness (QED) is 0.470. The summed E-state index contributed by atoms with van der Waals surface area (Å²) in [6.45, 7) is 2.73. The third kappa shape index (κ3) is 1.59. The molecular weight excluding hydrogens is 178 g/mol. The van der Waals surface area contributed by atoms with Gasteiger partial charge in [0.2, 0.25) is 0 Å². The zero-order valence-corrected chi connectivity index (χ0v) is 8.69. The highest BCUT2D eigenvalue weighted by atomic mass is 16.3. The lowest BCUT2D eigenvalue weighted by Crippen LogP contribution is -2.51. The molecule has 2 atom stereocenters. The second-order valence-electron chi connectivity index (χ2n) is 4.25. The third-order valence-corrected chi connectivity index (χ3v) is 3.29. The average molecular weight is 197 g/mol. The van der Waals surface area contributed by atoms with Crippen LogP contribution in [-0.2, 0) is 0 Å². The van der Waals surface area contributed by atoms with Crippen LogP contribution in [0.5, 0.6) is 0 Å². The van der Waals surface area contributed by atoms with Crippen LogP contribution in [0.25, 0.3) is 0 Å². The number of rotatable bonds is 1. The van der Waals surface area contributed by atoms with Crippen molar-refractivity contribution in [3.63, 3.8) is 0 Å². The second-order valence-corrected chi connectivity index (χ2v) is 4.25. The summed E-state index contributed by atoms with van der Waals surface area (Å²) in [5.41, 5.74) is 5.92. The van der Waals surface area contributed by atoms with Gasteiger partial charge in [0.05, 0.1) is 6.10 Å². The van der Waals surface area contributed by atoms with E-state index in [2.05, 4.69) is 9.89 Å². The molecule has 2 aliphatic rings. The van der Waals surface area contributed by atoms with Crippen molar-refractivity contribution in [1.29, 1.82) is 0 Å². The van der Waals surface area contributed by atoms with Crippen LogP contribution in [0.15, 0.2) is 4.99 Å². The van der Waals surface area contributed by atoms with Crippen LogP contribution in [0.2, 0.25) is 0 Å². The molecule has 3 N–H and O–H groups in total. The van der Waals surface area contributed by atoms with Crippen molar-refractivity contribution in [2.75, 3.05) is 6.54 Å². The molecule has 14 heavy (non-hydrogen) atoms. The summed E-state index contributed by atoms with van der Waals surface area (Å²) in [6, 6.07) is 0.859. The van der Waals surface area contributed by atoms with Gasteiger partial charge in [-0.05, 0) is 32.6 Å². The first-order valence-electron chi connectivity index (χ1n) is 5.48. The Morgan fingerprint density at radius 3 is 2.50 bits per heavy atom. The molecule has 80 valence electrons. The van der Waals surface area contributed by atoms with Crippen LogP contribution in [0.1, 0.15) is 32.6 Å². The number of aliphatic hydroxyl groups is 1. The van der Waals surface area contributed by atoms with E-state index in [4.69, 9.17) is 5.73 Å². The number of nitrogens with two attached hydrogens (primary N) is 1. The largest absolute Gasteiger partial charge is 0.393 e. The van der Waals surface area contributed by atoms with Gasteiger partial charge >= 0.3 is 0 Å². The molecule has 0 radical (unpaired) electrons. The SMILES string of the molecule is CCN=C(N)N1C2CCC1CC(O)C2. The first kappa shape index (κ1) is 9.77. The molecule has 0 spiro atoms. The van der Waals surface area contributed by atoms with Gasteiger partial charge in [0, 0.05) is 18.6 Å². The molecule has 0 aromatic carbocycles. The molecule has 2 saturated heterocycles. The Morgan fingerprint density at radius 2 is 2.00 bits per heavy atom. The Labute approximate surface area is 84.8 Å². The first-order chi connectivity index (χ1) is 6.72. The van der Waals surface area contributed by atoms with Gasteiger partial charge < -0.3 is 15.7 Å². The molecule has 0 aliphatic carbocycles. The van der Waals surface area contributed by atoms with Gasteiger partial charge in [-0.2, -0.15) is 0 Å². The summed E-state index contributed by atoms with van der Waals surface area (Å²) in [5, 5.41) is 9.61. The summed E-state index contributed by atoms with van der Waals surface area (Å²) in [7, 11) is 0. The maximum atomic E-state index is 9.61. The van der Waals surface area contributed by atoms with Crippen LogP contribution in [0, 0.1) is 0 Å². The number of aliphatic hydroxyl groups excluding tert-OH is 1. The van der Waals surface area contributed by atoms with E-state index in [0.29, 0.717) is 18.0 Å². The molecule has 0 amide bonds. The molecule has 2 rings (SSSR count). The van der Waals surface area contributed by atoms with Gasteiger partial charge in [0.25, 0.3) is 0 Å². The second kappa shape index (κ2) is 3.77. The number of fused-ring (bicyclic) bond motifs is 2. The van der Waals surface area contributed by atoms with Crippen molar-refractivity contribution in [2.24, 2.45) is 10.7 Å². The van der Waals surface area contributed by atoms with Crippen LogP contribution in [0.3, 0.4) is 0 Å². The minimum atomic E-state index is -0.127. The molecule has 2 aliphatic heterocycles. The average Bonchev–Trinajstić information content (AvgIpc) is 2.39. The number of guanidine groups is 1. The highest BCUT2D eigenvalue weighted by Gasteiger charge is 2.40. The predicted molar refractivity (Wildman–Crippen MR) is 56.1 cm³/mol. The van der Waals surface area contributed by atoms with E-state index < -0.39 is 0 Å². The molecule has 2 heterocycles. The minimum absolute atomic E-state index is 0.127. The normalized spacial score (nSPS) is 37.7. The van der Waals surface area contributed by atoms with E-state index in [1.807, 2.05) is 6.92 Å². The van der Waals surface area contributed by atoms with Crippen LogP contribution >= 0.6 is 0 Å². The van der Waals surface area contributed by atoms with E-state index >= 15 is 0 Å². The summed E-state index contributed by atoms with van der Waals surface area (Å²) in [5.74, 6) is 0.673. The number of nitrogens with zero attached hydrogens (tertiary/aromatic N) is 2. The van der Waals surface area contributed by atoms with Gasteiger partial charge in [-0.25, -0.2) is 0 Å². The fraction of sp³-hybridized carbons (Fsp3) is 0.900. The maximum absolute atomic E-state index is 9.61. The van der Waals surface area contributed by atoms with E-state index in [1.165, 1.54) is 0 Å². The third-order valence-electron chi connectivity index (χ3n) is 3.29. The lowest BCUT2D eigenvalue weighted by atomic mass is 10.0. The van der Waals surface area contributed by atoms with Crippen molar-refractivity contribution in [3.8, 4) is 0 Å². The fourth-order valence-electron chi connectivity index (χ4n) is 2.77. The van der Waals surface area contributed by atoms with E-state index in [9.17, 15) is 5.11 Å². The molecule has 2 bridgehead atoms. The Morgan fingerprint density at radius 1 is 1.43 bits per heavy atom. The van der Waals surface area contributed by atoms with E-state index in [0.717, 1.165) is 32.2 Å². The van der Waals surface area contributed by atoms with E-state index in [-0.39, 0.29) is 6.10 Å². The zero-order valence-electron chi connectivity index (χ0n) is 8.69. The maximum Gasteiger partial charge on any atom is 0.191 e. The monoisotopic (exact) mass is 197 g/mol. The predicted octanol–water partition coefficient (Wildman–Crippen LogP) is 0.309. The van der Waals surface area contributed by atoms with E-state index in [1.54, 1.807) is 0 Å². The molecule has 4 nitrogen and oxygen atoms in total. The standard InChI is InChI=1S/C10H19N3O/c1-2-12-10(11)13-7-3-4-8(13)6-9(14)5-7/h7-9,14H,2-6H2,1H3,(H2,11,12). The van der Waals surface area contributed by atoms with Gasteiger partial charge in [-0.3, -0.25) is 4.99 Å². The number of piperidine rings is 1. The van der Waals surface area contributed by atoms with Crippen LogP contribution < -0.4 is 5.73 Å². The topological polar surface area (TPSA) is 61.8 Å². The highest BCUT2D eigenvalue weighted by Crippen LogP contribution is 2.35. The van der Waals surface area contributed by atoms with Gasteiger partial charge in [-0.1, -0.05) is 0 Å². The lowest BCUT2D eigenvalue weighted by molar-refractivity contribution is 0.0704. The van der Waals surface area contributed by atoms with Crippen molar-refractivity contribution in [3.05, 3.63) is 0 Å². The molecule has 0 aromatic heterocycles. The fourth-order valence-corrected chi connectivity index (χ4v) is 2.77. The molecule has 0 aromatic rings. The summed E-state index contributed by atoms with van der Waals surface area (Å²) >= 11 is 0. The Bertz CT molecular complexity index is 228. The van der Waals surface area contributed by atoms with Crippen molar-refractivity contribution in [2.45, 2.75) is 50.8 Å². The zero-order chi connectivity index (χ0) is 10.1. The molecule has 2 unspecified atom stereocenters. The van der Waals surface area contributed by atoms with Crippen LogP contribution in [0.4, 0.5) is 0 Å². The number of hydrogen-bond donors (Lipinski definition) is 2. The van der Waals surface area contributed by atoms with Gasteiger partial charge in [0.15, 0.2) is 5.96 Å². The Balaban J connectivity index is 2.11. The highest BCUT2D eigenvalue weighted by molar-refractivity contribution is 5.79. The summed E-state index contributed by atoms with van der Waals surface area (Å²) in [6.07, 6.45) is 3.90. The number of aliphatic imine (C=N–C) groups is 1. The van der Waals surface area contributed by atoms with Gasteiger partial charge in [-0.15, -0.1) is 0 Å². The Hall–Kier alpha value is -0.770. The summed E-state index contributed by atoms with van der Waals surface area (Å²) in [4.78, 5) is 6.47. The molecular formula is C10H19N3O. The van der Waals surface area contributed by atoms with Crippen molar-refractivity contribution < 1.29 is 5.11 Å². The Kier molecular flexibility index (Phi) is 2.63. The van der Waals surface area contributed by atoms with Crippen LogP contribution in [-0.4, -0.2) is 40.7 Å².